The van der Waals surface area contributed by atoms with Crippen LogP contribution in [0.1, 0.15) is 0 Å². The van der Waals surface area contributed by atoms with E-state index in [0.29, 0.717) is 0 Å². The Morgan fingerprint density at radius 2 is 1.16 bits per heavy atom. The molecule has 230 valence electrons. The molecular weight excluding hydrogens is 599 g/mol. The van der Waals surface area contributed by atoms with Crippen molar-refractivity contribution in [2.45, 2.75) is 0 Å². The molecule has 0 unspecified atom stereocenters. The van der Waals surface area contributed by atoms with Gasteiger partial charge in [-0.2, -0.15) is 0 Å². The van der Waals surface area contributed by atoms with Crippen molar-refractivity contribution < 1.29 is 4.42 Å². The fourth-order valence-corrected chi connectivity index (χ4v) is 7.41. The number of anilines is 3. The highest BCUT2D eigenvalue weighted by Crippen LogP contribution is 2.41. The van der Waals surface area contributed by atoms with Gasteiger partial charge in [-0.3, -0.25) is 4.98 Å². The van der Waals surface area contributed by atoms with E-state index in [1.54, 1.807) is 6.20 Å². The van der Waals surface area contributed by atoms with Gasteiger partial charge in [0.15, 0.2) is 5.58 Å². The van der Waals surface area contributed by atoms with Gasteiger partial charge in [0, 0.05) is 56.1 Å². The second-order valence-electron chi connectivity index (χ2n) is 12.5. The molecule has 0 atom stereocenters. The smallest absolute Gasteiger partial charge is 0.154 e. The molecule has 4 heteroatoms. The molecule has 4 nitrogen and oxygen atoms in total. The minimum atomic E-state index is 0.795. The average molecular weight is 628 g/mol. The van der Waals surface area contributed by atoms with Crippen LogP contribution in [-0.2, 0) is 0 Å². The monoisotopic (exact) mass is 627 g/mol. The third kappa shape index (κ3) is 4.42. The van der Waals surface area contributed by atoms with E-state index in [-0.39, 0.29) is 0 Å². The molecule has 0 fully saturated rings. The summed E-state index contributed by atoms with van der Waals surface area (Å²) in [5.41, 5.74) is 10.5. The Balaban J connectivity index is 1.12. The molecule has 10 aromatic rings. The summed E-state index contributed by atoms with van der Waals surface area (Å²) in [7, 11) is 0. The van der Waals surface area contributed by atoms with Gasteiger partial charge in [-0.15, -0.1) is 0 Å². The summed E-state index contributed by atoms with van der Waals surface area (Å²) in [4.78, 5) is 6.85. The molecule has 0 aliphatic carbocycles. The van der Waals surface area contributed by atoms with Crippen molar-refractivity contribution >= 4 is 71.6 Å². The summed E-state index contributed by atoms with van der Waals surface area (Å²) in [6.45, 7) is 0. The normalized spacial score (nSPS) is 11.7. The second kappa shape index (κ2) is 11.0. The Hall–Kier alpha value is -6.65. The summed E-state index contributed by atoms with van der Waals surface area (Å²) in [5, 5.41) is 7.17. The first-order valence-corrected chi connectivity index (χ1v) is 16.5. The zero-order valence-electron chi connectivity index (χ0n) is 26.5. The number of nitrogens with zero attached hydrogens (tertiary/aromatic N) is 3. The van der Waals surface area contributed by atoms with E-state index in [1.165, 1.54) is 32.6 Å². The average Bonchev–Trinajstić information content (AvgIpc) is 3.70. The lowest BCUT2D eigenvalue weighted by Gasteiger charge is -2.26. The fraction of sp³-hybridized carbons (Fsp3) is 0. The summed E-state index contributed by atoms with van der Waals surface area (Å²) in [5.74, 6) is 0. The third-order valence-electron chi connectivity index (χ3n) is 9.62. The maximum atomic E-state index is 6.14. The highest BCUT2D eigenvalue weighted by molar-refractivity contribution is 6.14. The molecule has 3 heterocycles. The van der Waals surface area contributed by atoms with Gasteiger partial charge in [-0.05, 0) is 83.1 Å². The molecule has 49 heavy (non-hydrogen) atoms. The second-order valence-corrected chi connectivity index (χ2v) is 12.5. The van der Waals surface area contributed by atoms with Crippen LogP contribution in [0.4, 0.5) is 17.1 Å². The molecule has 7 aromatic carbocycles. The van der Waals surface area contributed by atoms with E-state index in [1.807, 2.05) is 18.3 Å². The molecular formula is C45H29N3O. The van der Waals surface area contributed by atoms with Crippen LogP contribution in [0, 0.1) is 0 Å². The molecule has 0 aliphatic rings. The predicted octanol–water partition coefficient (Wildman–Crippen LogP) is 12.4. The maximum absolute atomic E-state index is 6.14. The van der Waals surface area contributed by atoms with Crippen LogP contribution in [0.5, 0.6) is 0 Å². The quantitative estimate of drug-likeness (QED) is 0.190. The maximum Gasteiger partial charge on any atom is 0.154 e. The van der Waals surface area contributed by atoms with Gasteiger partial charge < -0.3 is 13.9 Å². The molecule has 0 aliphatic heterocycles. The first-order valence-electron chi connectivity index (χ1n) is 16.5. The van der Waals surface area contributed by atoms with Crippen molar-refractivity contribution in [3.8, 4) is 16.8 Å². The number of furan rings is 1. The van der Waals surface area contributed by atoms with E-state index in [9.17, 15) is 0 Å². The van der Waals surface area contributed by atoms with Crippen molar-refractivity contribution in [1.29, 1.82) is 0 Å². The first-order chi connectivity index (χ1) is 24.3. The topological polar surface area (TPSA) is 34.2 Å². The summed E-state index contributed by atoms with van der Waals surface area (Å²) in [6, 6.07) is 58.3. The van der Waals surface area contributed by atoms with Crippen molar-refractivity contribution in [1.82, 2.24) is 9.55 Å². The molecule has 0 N–H and O–H groups in total. The molecule has 0 saturated heterocycles. The molecule has 0 bridgehead atoms. The van der Waals surface area contributed by atoms with Crippen molar-refractivity contribution in [2.75, 3.05) is 4.90 Å². The molecule has 0 amide bonds. The van der Waals surface area contributed by atoms with Gasteiger partial charge in [0.05, 0.1) is 17.2 Å². The van der Waals surface area contributed by atoms with Gasteiger partial charge in [-0.25, -0.2) is 0 Å². The minimum Gasteiger partial charge on any atom is -0.454 e. The molecule has 3 aromatic heterocycles. The molecule has 0 radical (unpaired) electrons. The highest BCUT2D eigenvalue weighted by Gasteiger charge is 2.18. The molecule has 0 saturated carbocycles. The predicted molar refractivity (Wildman–Crippen MR) is 203 cm³/mol. The fourth-order valence-electron chi connectivity index (χ4n) is 7.41. The third-order valence-corrected chi connectivity index (χ3v) is 9.62. The Morgan fingerprint density at radius 3 is 2.02 bits per heavy atom. The van der Waals surface area contributed by atoms with E-state index in [4.69, 9.17) is 4.42 Å². The largest absolute Gasteiger partial charge is 0.454 e. The van der Waals surface area contributed by atoms with Gasteiger partial charge in [0.25, 0.3) is 0 Å². The Kier molecular flexibility index (Phi) is 6.15. The van der Waals surface area contributed by atoms with Gasteiger partial charge >= 0.3 is 0 Å². The van der Waals surface area contributed by atoms with Gasteiger partial charge in [0.2, 0.25) is 0 Å². The zero-order valence-corrected chi connectivity index (χ0v) is 26.5. The summed E-state index contributed by atoms with van der Waals surface area (Å²) in [6.07, 6.45) is 3.74. The van der Waals surface area contributed by atoms with Crippen LogP contribution in [0.3, 0.4) is 0 Å². The van der Waals surface area contributed by atoms with Crippen molar-refractivity contribution in [3.05, 3.63) is 176 Å². The molecule has 0 spiro atoms. The number of hydrogen-bond donors (Lipinski definition) is 0. The first kappa shape index (κ1) is 27.5. The lowest BCUT2D eigenvalue weighted by Crippen LogP contribution is -2.10. The van der Waals surface area contributed by atoms with Crippen LogP contribution in [0.2, 0.25) is 0 Å². The number of para-hydroxylation sites is 3. The Bertz CT molecular complexity index is 2830. The van der Waals surface area contributed by atoms with Crippen LogP contribution in [-0.4, -0.2) is 9.55 Å². The van der Waals surface area contributed by atoms with Crippen LogP contribution in [0.15, 0.2) is 181 Å². The van der Waals surface area contributed by atoms with E-state index >= 15 is 0 Å². The van der Waals surface area contributed by atoms with Crippen LogP contribution in [0.25, 0.3) is 71.3 Å². The SMILES string of the molecule is c1ccc(N(c2ccc(-c3cncc4oc5ccccc5c34)cc2)c2cccc(-n3c4ccccc4c4cc5ccccc5cc43)c2)cc1. The number of pyridine rings is 1. The van der Waals surface area contributed by atoms with Crippen molar-refractivity contribution in [2.24, 2.45) is 0 Å². The Labute approximate surface area is 282 Å². The lowest BCUT2D eigenvalue weighted by molar-refractivity contribution is 0.667. The number of benzene rings is 7. The minimum absolute atomic E-state index is 0.795. The Morgan fingerprint density at radius 1 is 0.469 bits per heavy atom. The summed E-state index contributed by atoms with van der Waals surface area (Å²) >= 11 is 0. The lowest BCUT2D eigenvalue weighted by atomic mass is 10.0. The van der Waals surface area contributed by atoms with E-state index in [2.05, 4.69) is 166 Å². The van der Waals surface area contributed by atoms with Crippen LogP contribution >= 0.6 is 0 Å². The number of hydrogen-bond acceptors (Lipinski definition) is 3. The number of rotatable bonds is 5. The van der Waals surface area contributed by atoms with Gasteiger partial charge in [0.1, 0.15) is 5.58 Å². The molecule has 10 rings (SSSR count). The summed E-state index contributed by atoms with van der Waals surface area (Å²) < 4.78 is 8.53. The van der Waals surface area contributed by atoms with Gasteiger partial charge in [-0.1, -0.05) is 97.1 Å². The van der Waals surface area contributed by atoms with E-state index < -0.39 is 0 Å². The standard InChI is InChI=1S/C45H29N3O/c1-2-13-33(14-3-1)47(34-23-21-30(22-24-34)40-28-46-29-44-45(40)38-18-7-9-20-43(38)49-44)35-15-10-16-36(27-35)48-41-19-8-6-17-37(41)39-25-31-11-4-5-12-32(31)26-42(39)48/h1-29H. The zero-order chi connectivity index (χ0) is 32.3. The van der Waals surface area contributed by atoms with Crippen molar-refractivity contribution in [3.63, 3.8) is 0 Å². The highest BCUT2D eigenvalue weighted by atomic mass is 16.3. The number of fused-ring (bicyclic) bond motifs is 7. The van der Waals surface area contributed by atoms with E-state index in [0.717, 1.165) is 55.8 Å². The van der Waals surface area contributed by atoms with Crippen LogP contribution < -0.4 is 4.90 Å². The number of aromatic nitrogens is 2.